The van der Waals surface area contributed by atoms with Gasteiger partial charge < -0.3 is 4.74 Å². The molecule has 7 atom stereocenters. The van der Waals surface area contributed by atoms with Crippen LogP contribution >= 0.6 is 0 Å². The molecule has 0 aromatic heterocycles. The first kappa shape index (κ1) is 13.2. The molecule has 4 aliphatic carbocycles. The van der Waals surface area contributed by atoms with Crippen molar-refractivity contribution >= 4 is 17.5 Å². The molecule has 21 heavy (non-hydrogen) atoms. The molecule has 4 aliphatic rings. The van der Waals surface area contributed by atoms with E-state index in [2.05, 4.69) is 0 Å². The molecule has 0 radical (unpaired) electrons. The zero-order chi connectivity index (χ0) is 14.9. The van der Waals surface area contributed by atoms with Gasteiger partial charge in [0, 0.05) is 30.1 Å². The lowest BCUT2D eigenvalue weighted by atomic mass is 9.69. The van der Waals surface area contributed by atoms with Crippen LogP contribution in [0.1, 0.15) is 26.7 Å². The van der Waals surface area contributed by atoms with Crippen LogP contribution in [-0.4, -0.2) is 23.6 Å². The number of ketones is 2. The minimum absolute atomic E-state index is 0.000694. The Balaban J connectivity index is 1.55. The Bertz CT molecular complexity index is 561. The third-order valence-corrected chi connectivity index (χ3v) is 5.89. The molecule has 3 saturated carbocycles. The Morgan fingerprint density at radius 2 is 1.86 bits per heavy atom. The number of fused-ring (bicyclic) bond motifs is 9. The van der Waals surface area contributed by atoms with Crippen molar-refractivity contribution in [3.05, 3.63) is 12.2 Å². The highest BCUT2D eigenvalue weighted by atomic mass is 16.5. The number of carbonyl (C=O) groups excluding carboxylic acids is 3. The van der Waals surface area contributed by atoms with Crippen LogP contribution in [0.5, 0.6) is 0 Å². The fraction of sp³-hybridized carbons (Fsp3) is 0.706. The molecule has 4 rings (SSSR count). The summed E-state index contributed by atoms with van der Waals surface area (Å²) >= 11 is 0. The fourth-order valence-corrected chi connectivity index (χ4v) is 5.40. The highest BCUT2D eigenvalue weighted by molar-refractivity contribution is 5.99. The Labute approximate surface area is 123 Å². The van der Waals surface area contributed by atoms with Crippen molar-refractivity contribution in [2.75, 3.05) is 0 Å². The molecule has 0 spiro atoms. The standard InChI is InChI=1S/C17H20O4/c1-7(2)21-12(18)6-8-5-11-14-9-3-4-10(16(9)19)15(14)13(8)17(11)20/h3-4,7-11,13-15H,5-6H2,1-2H3. The van der Waals surface area contributed by atoms with Crippen molar-refractivity contribution in [2.24, 2.45) is 41.4 Å². The topological polar surface area (TPSA) is 60.4 Å². The Morgan fingerprint density at radius 3 is 2.52 bits per heavy atom. The van der Waals surface area contributed by atoms with Gasteiger partial charge in [0.05, 0.1) is 6.10 Å². The second-order valence-corrected chi connectivity index (χ2v) is 7.27. The highest BCUT2D eigenvalue weighted by Crippen LogP contribution is 2.64. The molecule has 4 heteroatoms. The van der Waals surface area contributed by atoms with Crippen LogP contribution in [0.2, 0.25) is 0 Å². The van der Waals surface area contributed by atoms with Crippen LogP contribution in [0, 0.1) is 41.4 Å². The second-order valence-electron chi connectivity index (χ2n) is 7.27. The minimum atomic E-state index is -0.211. The normalized spacial score (nSPS) is 45.8. The van der Waals surface area contributed by atoms with Gasteiger partial charge in [-0.1, -0.05) is 12.2 Å². The van der Waals surface area contributed by atoms with E-state index < -0.39 is 0 Å². The number of rotatable bonds is 3. The average molecular weight is 288 g/mol. The molecule has 0 N–H and O–H groups in total. The van der Waals surface area contributed by atoms with Crippen LogP contribution in [0.3, 0.4) is 0 Å². The number of ether oxygens (including phenoxy) is 1. The molecule has 4 bridgehead atoms. The predicted octanol–water partition coefficient (Wildman–Crippen LogP) is 1.78. The summed E-state index contributed by atoms with van der Waals surface area (Å²) < 4.78 is 5.22. The number of hydrogen-bond acceptors (Lipinski definition) is 4. The minimum Gasteiger partial charge on any atom is -0.463 e. The van der Waals surface area contributed by atoms with Gasteiger partial charge >= 0.3 is 5.97 Å². The van der Waals surface area contributed by atoms with Gasteiger partial charge in [0.25, 0.3) is 0 Å². The van der Waals surface area contributed by atoms with Crippen LogP contribution < -0.4 is 0 Å². The summed E-state index contributed by atoms with van der Waals surface area (Å²) in [7, 11) is 0. The molecule has 7 unspecified atom stereocenters. The fourth-order valence-electron chi connectivity index (χ4n) is 5.40. The summed E-state index contributed by atoms with van der Waals surface area (Å²) in [5.41, 5.74) is 0. The molecule has 3 fully saturated rings. The molecule has 0 heterocycles. The monoisotopic (exact) mass is 288 g/mol. The van der Waals surface area contributed by atoms with Crippen molar-refractivity contribution in [3.8, 4) is 0 Å². The molecular formula is C17H20O4. The van der Waals surface area contributed by atoms with Crippen molar-refractivity contribution in [2.45, 2.75) is 32.8 Å². The van der Waals surface area contributed by atoms with Gasteiger partial charge in [0.1, 0.15) is 11.6 Å². The number of hydrogen-bond donors (Lipinski definition) is 0. The van der Waals surface area contributed by atoms with E-state index in [4.69, 9.17) is 4.74 Å². The quantitative estimate of drug-likeness (QED) is 0.451. The third kappa shape index (κ3) is 1.65. The van der Waals surface area contributed by atoms with Crippen molar-refractivity contribution in [3.63, 3.8) is 0 Å². The molecule has 0 aliphatic heterocycles. The summed E-state index contributed by atoms with van der Waals surface area (Å²) in [6.07, 6.45) is 4.97. The number of allylic oxidation sites excluding steroid dienone is 2. The molecule has 4 nitrogen and oxygen atoms in total. The largest absolute Gasteiger partial charge is 0.463 e. The maximum atomic E-state index is 12.5. The van der Waals surface area contributed by atoms with Crippen molar-refractivity contribution in [1.29, 1.82) is 0 Å². The molecule has 112 valence electrons. The Kier molecular flexibility index (Phi) is 2.69. The van der Waals surface area contributed by atoms with Gasteiger partial charge in [-0.15, -0.1) is 0 Å². The molecule has 0 saturated heterocycles. The third-order valence-electron chi connectivity index (χ3n) is 5.89. The van der Waals surface area contributed by atoms with Crippen LogP contribution in [0.15, 0.2) is 12.2 Å². The number of carbonyl (C=O) groups is 3. The van der Waals surface area contributed by atoms with Gasteiger partial charge in [-0.3, -0.25) is 14.4 Å². The van der Waals surface area contributed by atoms with Crippen LogP contribution in [0.4, 0.5) is 0 Å². The van der Waals surface area contributed by atoms with E-state index >= 15 is 0 Å². The van der Waals surface area contributed by atoms with Gasteiger partial charge in [-0.05, 0) is 38.0 Å². The van der Waals surface area contributed by atoms with E-state index in [9.17, 15) is 14.4 Å². The lowest BCUT2D eigenvalue weighted by molar-refractivity contribution is -0.149. The summed E-state index contributed by atoms with van der Waals surface area (Å²) in [5, 5.41) is 0. The van der Waals surface area contributed by atoms with E-state index in [-0.39, 0.29) is 53.5 Å². The van der Waals surface area contributed by atoms with Gasteiger partial charge in [-0.25, -0.2) is 0 Å². The van der Waals surface area contributed by atoms with E-state index in [1.54, 1.807) is 0 Å². The summed E-state index contributed by atoms with van der Waals surface area (Å²) in [5.74, 6) is 0.677. The second kappa shape index (κ2) is 4.28. The van der Waals surface area contributed by atoms with Crippen LogP contribution in [-0.2, 0) is 19.1 Å². The SMILES string of the molecule is CC(C)OC(=O)CC1CC2C(=O)C1C1C3C=CC(C3=O)C21. The van der Waals surface area contributed by atoms with Gasteiger partial charge in [0.2, 0.25) is 0 Å². The molecule has 0 aromatic carbocycles. The predicted molar refractivity (Wildman–Crippen MR) is 74.0 cm³/mol. The smallest absolute Gasteiger partial charge is 0.306 e. The molecular weight excluding hydrogens is 268 g/mol. The Hall–Kier alpha value is -1.45. The Morgan fingerprint density at radius 1 is 1.19 bits per heavy atom. The lowest BCUT2D eigenvalue weighted by Crippen LogP contribution is -2.32. The van der Waals surface area contributed by atoms with Crippen molar-refractivity contribution in [1.82, 2.24) is 0 Å². The summed E-state index contributed by atoms with van der Waals surface area (Å²) in [6.45, 7) is 3.67. The van der Waals surface area contributed by atoms with E-state index in [1.807, 2.05) is 26.0 Å². The zero-order valence-corrected chi connectivity index (χ0v) is 12.3. The van der Waals surface area contributed by atoms with Gasteiger partial charge in [-0.2, -0.15) is 0 Å². The molecule has 0 aromatic rings. The highest BCUT2D eigenvalue weighted by Gasteiger charge is 2.68. The summed E-state index contributed by atoms with van der Waals surface area (Å²) in [6, 6.07) is 0. The summed E-state index contributed by atoms with van der Waals surface area (Å²) in [4.78, 5) is 36.6. The van der Waals surface area contributed by atoms with Crippen molar-refractivity contribution < 1.29 is 19.1 Å². The maximum Gasteiger partial charge on any atom is 0.306 e. The first-order valence-corrected chi connectivity index (χ1v) is 7.94. The van der Waals surface area contributed by atoms with Gasteiger partial charge in [0.15, 0.2) is 0 Å². The first-order valence-electron chi connectivity index (χ1n) is 7.94. The molecule has 0 amide bonds. The number of esters is 1. The van der Waals surface area contributed by atoms with E-state index in [0.717, 1.165) is 6.42 Å². The number of Topliss-reactive ketones (excluding diaryl/α,β-unsaturated/α-hetero) is 2. The van der Waals surface area contributed by atoms with E-state index in [1.165, 1.54) is 0 Å². The first-order chi connectivity index (χ1) is 9.99. The van der Waals surface area contributed by atoms with E-state index in [0.29, 0.717) is 18.0 Å². The maximum absolute atomic E-state index is 12.5. The van der Waals surface area contributed by atoms with Crippen LogP contribution in [0.25, 0.3) is 0 Å². The zero-order valence-electron chi connectivity index (χ0n) is 12.3. The lowest BCUT2D eigenvalue weighted by Gasteiger charge is -2.33. The average Bonchev–Trinajstić information content (AvgIpc) is 3.06.